The Hall–Kier alpha value is -1.07. The SMILES string of the molecule is COC(=O)CCCNC(C)c1ccc(OC)c(Br)c1. The summed E-state index contributed by atoms with van der Waals surface area (Å²) in [4.78, 5) is 11.0. The van der Waals surface area contributed by atoms with E-state index in [9.17, 15) is 4.79 Å². The quantitative estimate of drug-likeness (QED) is 0.617. The highest BCUT2D eigenvalue weighted by Gasteiger charge is 2.08. The summed E-state index contributed by atoms with van der Waals surface area (Å²) >= 11 is 3.47. The number of benzene rings is 1. The molecule has 0 bridgehead atoms. The zero-order chi connectivity index (χ0) is 14.3. The third-order valence-electron chi connectivity index (χ3n) is 2.91. The lowest BCUT2D eigenvalue weighted by Gasteiger charge is -2.15. The highest BCUT2D eigenvalue weighted by atomic mass is 79.9. The number of carbonyl (C=O) groups is 1. The number of hydrogen-bond donors (Lipinski definition) is 1. The molecule has 0 aliphatic heterocycles. The van der Waals surface area contributed by atoms with E-state index in [0.717, 1.165) is 23.2 Å². The molecule has 0 aromatic heterocycles. The number of rotatable bonds is 7. The van der Waals surface area contributed by atoms with Crippen LogP contribution in [0.2, 0.25) is 0 Å². The van der Waals surface area contributed by atoms with Crippen molar-refractivity contribution in [2.45, 2.75) is 25.8 Å². The minimum atomic E-state index is -0.165. The lowest BCUT2D eigenvalue weighted by molar-refractivity contribution is -0.140. The van der Waals surface area contributed by atoms with E-state index in [4.69, 9.17) is 4.74 Å². The molecule has 0 spiro atoms. The summed E-state index contributed by atoms with van der Waals surface area (Å²) in [5.74, 6) is 0.656. The van der Waals surface area contributed by atoms with Crippen molar-refractivity contribution in [3.8, 4) is 5.75 Å². The van der Waals surface area contributed by atoms with Crippen LogP contribution in [0.25, 0.3) is 0 Å². The van der Waals surface area contributed by atoms with Crippen molar-refractivity contribution in [2.75, 3.05) is 20.8 Å². The van der Waals surface area contributed by atoms with E-state index in [2.05, 4.69) is 32.9 Å². The zero-order valence-corrected chi connectivity index (χ0v) is 13.1. The molecule has 1 unspecified atom stereocenters. The summed E-state index contributed by atoms with van der Waals surface area (Å²) in [6, 6.07) is 6.23. The Morgan fingerprint density at radius 2 is 2.16 bits per heavy atom. The Labute approximate surface area is 122 Å². The van der Waals surface area contributed by atoms with Gasteiger partial charge < -0.3 is 14.8 Å². The summed E-state index contributed by atoms with van der Waals surface area (Å²) < 4.78 is 10.7. The predicted molar refractivity (Wildman–Crippen MR) is 78.4 cm³/mol. The van der Waals surface area contributed by atoms with Gasteiger partial charge in [0.15, 0.2) is 0 Å². The maximum absolute atomic E-state index is 11.0. The van der Waals surface area contributed by atoms with Crippen molar-refractivity contribution in [1.82, 2.24) is 5.32 Å². The fraction of sp³-hybridized carbons (Fsp3) is 0.500. The molecule has 1 aromatic carbocycles. The molecule has 0 aliphatic carbocycles. The number of nitrogens with one attached hydrogen (secondary N) is 1. The highest BCUT2D eigenvalue weighted by molar-refractivity contribution is 9.10. The molecule has 106 valence electrons. The van der Waals surface area contributed by atoms with Crippen LogP contribution < -0.4 is 10.1 Å². The Balaban J connectivity index is 2.43. The first-order valence-corrected chi connectivity index (χ1v) is 7.01. The molecule has 0 amide bonds. The van der Waals surface area contributed by atoms with Gasteiger partial charge in [0.1, 0.15) is 5.75 Å². The average Bonchev–Trinajstić information content (AvgIpc) is 2.42. The van der Waals surface area contributed by atoms with Crippen molar-refractivity contribution in [1.29, 1.82) is 0 Å². The van der Waals surface area contributed by atoms with Crippen LogP contribution in [0.5, 0.6) is 5.75 Å². The first-order valence-electron chi connectivity index (χ1n) is 6.22. The summed E-state index contributed by atoms with van der Waals surface area (Å²) in [7, 11) is 3.06. The van der Waals surface area contributed by atoms with Gasteiger partial charge in [0.25, 0.3) is 0 Å². The van der Waals surface area contributed by atoms with E-state index in [0.29, 0.717) is 6.42 Å². The molecule has 0 aliphatic rings. The first-order chi connectivity index (χ1) is 9.08. The minimum absolute atomic E-state index is 0.165. The van der Waals surface area contributed by atoms with Crippen LogP contribution in [-0.4, -0.2) is 26.7 Å². The minimum Gasteiger partial charge on any atom is -0.496 e. The maximum atomic E-state index is 11.0. The zero-order valence-electron chi connectivity index (χ0n) is 11.5. The molecule has 1 atom stereocenters. The van der Waals surface area contributed by atoms with Crippen LogP contribution in [0, 0.1) is 0 Å². The third kappa shape index (κ3) is 5.20. The van der Waals surface area contributed by atoms with Crippen LogP contribution in [-0.2, 0) is 9.53 Å². The molecule has 4 nitrogen and oxygen atoms in total. The van der Waals surface area contributed by atoms with Crippen LogP contribution in [0.1, 0.15) is 31.4 Å². The average molecular weight is 330 g/mol. The Morgan fingerprint density at radius 1 is 1.42 bits per heavy atom. The van der Waals surface area contributed by atoms with Gasteiger partial charge in [-0.25, -0.2) is 0 Å². The first kappa shape index (κ1) is 16.0. The molecular formula is C14H20BrNO3. The van der Waals surface area contributed by atoms with E-state index in [1.54, 1.807) is 7.11 Å². The standard InChI is InChI=1S/C14H20BrNO3/c1-10(16-8-4-5-14(17)19-3)11-6-7-13(18-2)12(15)9-11/h6-7,9-10,16H,4-5,8H2,1-3H3. The second-order valence-electron chi connectivity index (χ2n) is 4.25. The molecule has 1 N–H and O–H groups in total. The van der Waals surface area contributed by atoms with Crippen molar-refractivity contribution in [3.63, 3.8) is 0 Å². The Bertz CT molecular complexity index is 423. The normalized spacial score (nSPS) is 12.0. The molecule has 0 heterocycles. The molecule has 19 heavy (non-hydrogen) atoms. The van der Waals surface area contributed by atoms with Gasteiger partial charge >= 0.3 is 5.97 Å². The van der Waals surface area contributed by atoms with Crippen LogP contribution in [0.4, 0.5) is 0 Å². The summed E-state index contributed by atoms with van der Waals surface area (Å²) in [6.07, 6.45) is 1.22. The molecule has 0 radical (unpaired) electrons. The van der Waals surface area contributed by atoms with E-state index < -0.39 is 0 Å². The monoisotopic (exact) mass is 329 g/mol. The summed E-state index contributed by atoms with van der Waals surface area (Å²) in [6.45, 7) is 2.87. The second-order valence-corrected chi connectivity index (χ2v) is 5.10. The largest absolute Gasteiger partial charge is 0.496 e. The van der Waals surface area contributed by atoms with Gasteiger partial charge in [0.05, 0.1) is 18.7 Å². The van der Waals surface area contributed by atoms with Crippen LogP contribution in [0.15, 0.2) is 22.7 Å². The lowest BCUT2D eigenvalue weighted by Crippen LogP contribution is -2.20. The van der Waals surface area contributed by atoms with E-state index in [-0.39, 0.29) is 12.0 Å². The second kappa shape index (κ2) is 8.17. The van der Waals surface area contributed by atoms with Gasteiger partial charge in [0, 0.05) is 12.5 Å². The molecular weight excluding hydrogens is 310 g/mol. The summed E-state index contributed by atoms with van der Waals surface area (Å²) in [5.41, 5.74) is 1.17. The van der Waals surface area contributed by atoms with E-state index >= 15 is 0 Å². The smallest absolute Gasteiger partial charge is 0.305 e. The number of halogens is 1. The number of methoxy groups -OCH3 is 2. The lowest BCUT2D eigenvalue weighted by atomic mass is 10.1. The molecule has 0 saturated heterocycles. The number of carbonyl (C=O) groups excluding carboxylic acids is 1. The van der Waals surface area contributed by atoms with Gasteiger partial charge in [-0.3, -0.25) is 4.79 Å². The molecule has 5 heteroatoms. The van der Waals surface area contributed by atoms with Crippen molar-refractivity contribution < 1.29 is 14.3 Å². The fourth-order valence-corrected chi connectivity index (χ4v) is 2.28. The number of esters is 1. The fourth-order valence-electron chi connectivity index (χ4n) is 1.72. The molecule has 1 rings (SSSR count). The molecule has 1 aromatic rings. The van der Waals surface area contributed by atoms with E-state index in [1.807, 2.05) is 18.2 Å². The van der Waals surface area contributed by atoms with Crippen molar-refractivity contribution in [3.05, 3.63) is 28.2 Å². The van der Waals surface area contributed by atoms with Gasteiger partial charge in [0.2, 0.25) is 0 Å². The third-order valence-corrected chi connectivity index (χ3v) is 3.53. The Kier molecular flexibility index (Phi) is 6.87. The molecule has 0 saturated carbocycles. The highest BCUT2D eigenvalue weighted by Crippen LogP contribution is 2.27. The summed E-state index contributed by atoms with van der Waals surface area (Å²) in [5, 5.41) is 3.37. The van der Waals surface area contributed by atoms with Gasteiger partial charge in [-0.15, -0.1) is 0 Å². The number of ether oxygens (including phenoxy) is 2. The maximum Gasteiger partial charge on any atom is 0.305 e. The van der Waals surface area contributed by atoms with Crippen molar-refractivity contribution in [2.24, 2.45) is 0 Å². The van der Waals surface area contributed by atoms with Crippen LogP contribution >= 0.6 is 15.9 Å². The Morgan fingerprint density at radius 3 is 2.74 bits per heavy atom. The van der Waals surface area contributed by atoms with Crippen LogP contribution in [0.3, 0.4) is 0 Å². The van der Waals surface area contributed by atoms with Gasteiger partial charge in [-0.1, -0.05) is 6.07 Å². The van der Waals surface area contributed by atoms with Gasteiger partial charge in [-0.05, 0) is 53.5 Å². The van der Waals surface area contributed by atoms with Gasteiger partial charge in [-0.2, -0.15) is 0 Å². The van der Waals surface area contributed by atoms with E-state index in [1.165, 1.54) is 12.7 Å². The topological polar surface area (TPSA) is 47.6 Å². The predicted octanol–water partition coefficient (Wildman–Crippen LogP) is 3.06. The van der Waals surface area contributed by atoms with Crippen molar-refractivity contribution >= 4 is 21.9 Å². The number of hydrogen-bond acceptors (Lipinski definition) is 4. The molecule has 0 fully saturated rings.